The lowest BCUT2D eigenvalue weighted by molar-refractivity contribution is -0.304. The molecule has 0 aliphatic carbocycles. The molecule has 18 heavy (non-hydrogen) atoms. The first-order valence-corrected chi connectivity index (χ1v) is 5.06. The first-order valence-electron chi connectivity index (χ1n) is 5.06. The average Bonchev–Trinajstić information content (AvgIpc) is 2.71. The number of imide groups is 2. The summed E-state index contributed by atoms with van der Waals surface area (Å²) in [5, 5.41) is 11.2. The summed E-state index contributed by atoms with van der Waals surface area (Å²) in [6, 6.07) is 0. The Labute approximate surface area is 100 Å². The van der Waals surface area contributed by atoms with Crippen LogP contribution in [0, 0.1) is 0 Å². The zero-order valence-electron chi connectivity index (χ0n) is 9.04. The molecule has 0 aromatic heterocycles. The van der Waals surface area contributed by atoms with Crippen molar-refractivity contribution in [2.75, 3.05) is 0 Å². The number of rotatable bonds is 3. The third-order valence-corrected chi connectivity index (χ3v) is 2.53. The molecule has 1 fully saturated rings. The Morgan fingerprint density at radius 1 is 1.11 bits per heavy atom. The Kier molecular flexibility index (Phi) is 2.70. The molecule has 2 heterocycles. The lowest BCUT2D eigenvalue weighted by Crippen LogP contribution is -2.49. The summed E-state index contributed by atoms with van der Waals surface area (Å²) in [6.45, 7) is 0. The Hall–Kier alpha value is -2.51. The minimum Gasteiger partial charge on any atom is -0.550 e. The molecule has 8 heteroatoms. The molecule has 0 atom stereocenters. The van der Waals surface area contributed by atoms with Crippen LogP contribution in [0.2, 0.25) is 0 Å². The van der Waals surface area contributed by atoms with E-state index in [1.165, 1.54) is 0 Å². The van der Waals surface area contributed by atoms with Gasteiger partial charge in [-0.25, -0.2) is 0 Å². The zero-order valence-corrected chi connectivity index (χ0v) is 9.04. The summed E-state index contributed by atoms with van der Waals surface area (Å²) in [5.74, 6) is -4.73. The highest BCUT2D eigenvalue weighted by Crippen LogP contribution is 2.23. The average molecular weight is 251 g/mol. The second kappa shape index (κ2) is 4.06. The summed E-state index contributed by atoms with van der Waals surface area (Å²) in [5.41, 5.74) is -0.312. The van der Waals surface area contributed by atoms with Crippen molar-refractivity contribution in [2.24, 2.45) is 0 Å². The van der Waals surface area contributed by atoms with E-state index in [9.17, 15) is 29.1 Å². The van der Waals surface area contributed by atoms with E-state index < -0.39 is 36.0 Å². The number of hydrogen-bond donors (Lipinski definition) is 0. The third-order valence-electron chi connectivity index (χ3n) is 2.53. The minimum absolute atomic E-state index is 0.0777. The van der Waals surface area contributed by atoms with Crippen LogP contribution in [0.1, 0.15) is 19.3 Å². The van der Waals surface area contributed by atoms with Gasteiger partial charge < -0.3 is 9.90 Å². The van der Waals surface area contributed by atoms with E-state index in [1.807, 2.05) is 0 Å². The maximum atomic E-state index is 11.7. The van der Waals surface area contributed by atoms with Crippen molar-refractivity contribution in [1.29, 1.82) is 0 Å². The van der Waals surface area contributed by atoms with Crippen LogP contribution < -0.4 is 5.11 Å². The fourth-order valence-corrected chi connectivity index (χ4v) is 1.77. The van der Waals surface area contributed by atoms with Crippen LogP contribution in [0.25, 0.3) is 0 Å². The van der Waals surface area contributed by atoms with Gasteiger partial charge in [-0.05, 0) is 0 Å². The second-order valence-electron chi connectivity index (χ2n) is 3.77. The Bertz CT molecular complexity index is 504. The molecule has 4 amide bonds. The Balaban J connectivity index is 2.25. The van der Waals surface area contributed by atoms with Gasteiger partial charge in [-0.2, -0.15) is 10.0 Å². The van der Waals surface area contributed by atoms with Crippen LogP contribution >= 0.6 is 0 Å². The molecule has 1 saturated heterocycles. The molecule has 0 spiro atoms. The van der Waals surface area contributed by atoms with Gasteiger partial charge in [0.15, 0.2) is 0 Å². The smallest absolute Gasteiger partial charge is 0.276 e. The van der Waals surface area contributed by atoms with Gasteiger partial charge in [-0.15, -0.1) is 0 Å². The zero-order chi connectivity index (χ0) is 13.4. The number of aliphatic carboxylic acids is 1. The van der Waals surface area contributed by atoms with Crippen molar-refractivity contribution in [1.82, 2.24) is 10.0 Å². The van der Waals surface area contributed by atoms with E-state index in [0.717, 1.165) is 6.08 Å². The van der Waals surface area contributed by atoms with Crippen LogP contribution in [0.3, 0.4) is 0 Å². The van der Waals surface area contributed by atoms with E-state index in [2.05, 4.69) is 0 Å². The normalized spacial score (nSPS) is 19.9. The molecule has 0 unspecified atom stereocenters. The molecule has 0 aromatic rings. The van der Waals surface area contributed by atoms with Crippen LogP contribution in [-0.4, -0.2) is 39.6 Å². The highest BCUT2D eigenvalue weighted by molar-refractivity contribution is 6.20. The lowest BCUT2D eigenvalue weighted by Gasteiger charge is -2.23. The Morgan fingerprint density at radius 2 is 1.67 bits per heavy atom. The molecular weight excluding hydrogens is 244 g/mol. The highest BCUT2D eigenvalue weighted by atomic mass is 16.4. The number of carboxylic acid groups (broad SMARTS) is 1. The van der Waals surface area contributed by atoms with Crippen LogP contribution in [-0.2, 0) is 24.0 Å². The molecule has 2 aliphatic rings. The lowest BCUT2D eigenvalue weighted by atomic mass is 10.2. The minimum atomic E-state index is -1.52. The molecule has 0 aromatic carbocycles. The van der Waals surface area contributed by atoms with Gasteiger partial charge in [0.2, 0.25) is 11.8 Å². The number of carboxylic acids is 1. The molecule has 0 N–H and O–H groups in total. The van der Waals surface area contributed by atoms with Crippen molar-refractivity contribution in [2.45, 2.75) is 19.3 Å². The van der Waals surface area contributed by atoms with Crippen LogP contribution in [0.5, 0.6) is 0 Å². The predicted molar refractivity (Wildman–Crippen MR) is 50.6 cm³/mol. The van der Waals surface area contributed by atoms with E-state index in [1.54, 1.807) is 0 Å². The topological polar surface area (TPSA) is 115 Å². The summed E-state index contributed by atoms with van der Waals surface area (Å²) >= 11 is 0. The maximum Gasteiger partial charge on any atom is 0.276 e. The van der Waals surface area contributed by atoms with Gasteiger partial charge >= 0.3 is 0 Å². The van der Waals surface area contributed by atoms with Gasteiger partial charge in [-0.3, -0.25) is 19.2 Å². The fraction of sp³-hybridized carbons (Fsp3) is 0.300. The van der Waals surface area contributed by atoms with Gasteiger partial charge in [0.1, 0.15) is 0 Å². The number of amides is 4. The highest BCUT2D eigenvalue weighted by Gasteiger charge is 2.43. The summed E-state index contributed by atoms with van der Waals surface area (Å²) in [6.07, 6.45) is -0.105. The standard InChI is InChI=1S/C10H8N2O6/c13-6-1-2-7(14)11(6)12-8(15)3-5(10(12)18)4-9(16)17/h3H,1-2,4H2,(H,16,17)/p-1. The maximum absolute atomic E-state index is 11.7. The molecule has 8 nitrogen and oxygen atoms in total. The van der Waals surface area contributed by atoms with E-state index >= 15 is 0 Å². The molecule has 0 bridgehead atoms. The van der Waals surface area contributed by atoms with Gasteiger partial charge in [0, 0.05) is 36.9 Å². The molecule has 0 radical (unpaired) electrons. The third kappa shape index (κ3) is 1.77. The predicted octanol–water partition coefficient (Wildman–Crippen LogP) is -2.51. The summed E-state index contributed by atoms with van der Waals surface area (Å²) in [4.78, 5) is 56.4. The van der Waals surface area contributed by atoms with Crippen LogP contribution in [0.15, 0.2) is 11.6 Å². The van der Waals surface area contributed by atoms with Crippen molar-refractivity contribution in [3.63, 3.8) is 0 Å². The van der Waals surface area contributed by atoms with E-state index in [4.69, 9.17) is 0 Å². The van der Waals surface area contributed by atoms with Crippen molar-refractivity contribution in [3.05, 3.63) is 11.6 Å². The summed E-state index contributed by atoms with van der Waals surface area (Å²) in [7, 11) is 0. The number of nitrogens with zero attached hydrogens (tertiary/aromatic N) is 2. The number of hydrazine groups is 1. The molecule has 0 saturated carbocycles. The number of hydrogen-bond acceptors (Lipinski definition) is 6. The van der Waals surface area contributed by atoms with E-state index in [-0.39, 0.29) is 18.4 Å². The number of carbonyl (C=O) groups is 5. The second-order valence-corrected chi connectivity index (χ2v) is 3.77. The quantitative estimate of drug-likeness (QED) is 0.511. The SMILES string of the molecule is O=C([O-])CC1=CC(=O)N(N2C(=O)CCC2=O)C1=O. The van der Waals surface area contributed by atoms with Crippen molar-refractivity contribution < 1.29 is 29.1 Å². The molecular formula is C10H7N2O6-. The van der Waals surface area contributed by atoms with Gasteiger partial charge in [-0.1, -0.05) is 0 Å². The van der Waals surface area contributed by atoms with E-state index in [0.29, 0.717) is 10.0 Å². The molecule has 2 aliphatic heterocycles. The largest absolute Gasteiger partial charge is 0.550 e. The van der Waals surface area contributed by atoms with Gasteiger partial charge in [0.25, 0.3) is 11.8 Å². The summed E-state index contributed by atoms with van der Waals surface area (Å²) < 4.78 is 0. The van der Waals surface area contributed by atoms with Gasteiger partial charge in [0.05, 0.1) is 0 Å². The van der Waals surface area contributed by atoms with Crippen molar-refractivity contribution in [3.8, 4) is 0 Å². The fourth-order valence-electron chi connectivity index (χ4n) is 1.77. The first-order chi connectivity index (χ1) is 8.41. The molecule has 94 valence electrons. The van der Waals surface area contributed by atoms with Crippen LogP contribution in [0.4, 0.5) is 0 Å². The monoisotopic (exact) mass is 251 g/mol. The van der Waals surface area contributed by atoms with Crippen molar-refractivity contribution >= 4 is 29.6 Å². The number of carbonyl (C=O) groups excluding carboxylic acids is 5. The molecule has 2 rings (SSSR count). The Morgan fingerprint density at radius 3 is 2.17 bits per heavy atom. The first kappa shape index (κ1) is 12.0.